The van der Waals surface area contributed by atoms with Gasteiger partial charge in [-0.3, -0.25) is 4.79 Å². The van der Waals surface area contributed by atoms with Crippen molar-refractivity contribution in [3.63, 3.8) is 0 Å². The Morgan fingerprint density at radius 1 is 0.964 bits per heavy atom. The standard InChI is InChI=1S/C21H26N2O4S/c24-21(8-4-7-18-5-2-1-3-6-18)22-17-19-9-11-20(12-10-19)28(25,26)23-13-15-27-16-14-23/h1-3,5-6,9-12H,4,7-8,13-17H2,(H,22,24). The summed E-state index contributed by atoms with van der Waals surface area (Å²) in [6.45, 7) is 2.00. The minimum atomic E-state index is -3.48. The van der Waals surface area contributed by atoms with E-state index in [0.717, 1.165) is 18.4 Å². The molecule has 0 spiro atoms. The summed E-state index contributed by atoms with van der Waals surface area (Å²) in [5.74, 6) is 0.000876. The normalized spacial score (nSPS) is 15.3. The molecule has 28 heavy (non-hydrogen) atoms. The number of carbonyl (C=O) groups excluding carboxylic acids is 1. The van der Waals surface area contributed by atoms with Crippen LogP contribution in [0.2, 0.25) is 0 Å². The molecule has 0 bridgehead atoms. The fourth-order valence-electron chi connectivity index (χ4n) is 3.10. The zero-order valence-electron chi connectivity index (χ0n) is 15.8. The molecule has 150 valence electrons. The lowest BCUT2D eigenvalue weighted by atomic mass is 10.1. The molecule has 1 amide bonds. The first-order valence-corrected chi connectivity index (χ1v) is 11.0. The molecular weight excluding hydrogens is 376 g/mol. The molecule has 1 saturated heterocycles. The topological polar surface area (TPSA) is 75.7 Å². The van der Waals surface area contributed by atoms with Gasteiger partial charge in [-0.25, -0.2) is 8.42 Å². The monoisotopic (exact) mass is 402 g/mol. The van der Waals surface area contributed by atoms with Crippen LogP contribution in [0, 0.1) is 0 Å². The molecular formula is C21H26N2O4S. The van der Waals surface area contributed by atoms with Gasteiger partial charge in [0.1, 0.15) is 0 Å². The summed E-state index contributed by atoms with van der Waals surface area (Å²) in [6.07, 6.45) is 2.15. The number of hydrogen-bond acceptors (Lipinski definition) is 4. The van der Waals surface area contributed by atoms with Crippen LogP contribution in [0.4, 0.5) is 0 Å². The largest absolute Gasteiger partial charge is 0.379 e. The number of morpholine rings is 1. The van der Waals surface area contributed by atoms with E-state index < -0.39 is 10.0 Å². The maximum atomic E-state index is 12.6. The highest BCUT2D eigenvalue weighted by Gasteiger charge is 2.26. The van der Waals surface area contributed by atoms with Gasteiger partial charge < -0.3 is 10.1 Å². The second-order valence-corrected chi connectivity index (χ2v) is 8.71. The fourth-order valence-corrected chi connectivity index (χ4v) is 4.51. The Balaban J connectivity index is 1.45. The first-order chi connectivity index (χ1) is 13.6. The Hall–Kier alpha value is -2.22. The molecule has 0 unspecified atom stereocenters. The molecule has 3 rings (SSSR count). The number of nitrogens with one attached hydrogen (secondary N) is 1. The fraction of sp³-hybridized carbons (Fsp3) is 0.381. The Kier molecular flexibility index (Phi) is 7.19. The Morgan fingerprint density at radius 3 is 2.32 bits per heavy atom. The second kappa shape index (κ2) is 9.82. The van der Waals surface area contributed by atoms with Crippen LogP contribution in [0.15, 0.2) is 59.5 Å². The number of rotatable bonds is 8. The molecule has 0 atom stereocenters. The van der Waals surface area contributed by atoms with Gasteiger partial charge in [0.15, 0.2) is 0 Å². The zero-order valence-corrected chi connectivity index (χ0v) is 16.7. The molecule has 2 aromatic rings. The van der Waals surface area contributed by atoms with Crippen molar-refractivity contribution in [3.05, 3.63) is 65.7 Å². The lowest BCUT2D eigenvalue weighted by Crippen LogP contribution is -2.40. The van der Waals surface area contributed by atoms with E-state index in [1.807, 2.05) is 18.2 Å². The number of ether oxygens (including phenoxy) is 1. The number of sulfonamides is 1. The highest BCUT2D eigenvalue weighted by Crippen LogP contribution is 2.17. The van der Waals surface area contributed by atoms with Crippen LogP contribution in [0.3, 0.4) is 0 Å². The first kappa shape index (κ1) is 20.5. The van der Waals surface area contributed by atoms with Crippen LogP contribution in [0.1, 0.15) is 24.0 Å². The molecule has 0 aromatic heterocycles. The molecule has 1 aliphatic heterocycles. The third kappa shape index (κ3) is 5.64. The lowest BCUT2D eigenvalue weighted by molar-refractivity contribution is -0.121. The van der Waals surface area contributed by atoms with E-state index in [4.69, 9.17) is 4.74 Å². The van der Waals surface area contributed by atoms with Crippen LogP contribution >= 0.6 is 0 Å². The van der Waals surface area contributed by atoms with E-state index in [1.54, 1.807) is 24.3 Å². The van der Waals surface area contributed by atoms with Crippen LogP contribution in [-0.4, -0.2) is 44.9 Å². The minimum Gasteiger partial charge on any atom is -0.379 e. The van der Waals surface area contributed by atoms with Crippen molar-refractivity contribution in [3.8, 4) is 0 Å². The maximum Gasteiger partial charge on any atom is 0.243 e. The summed E-state index contributed by atoms with van der Waals surface area (Å²) in [7, 11) is -3.48. The highest BCUT2D eigenvalue weighted by atomic mass is 32.2. The van der Waals surface area contributed by atoms with Gasteiger partial charge in [0.25, 0.3) is 0 Å². The van der Waals surface area contributed by atoms with Gasteiger partial charge >= 0.3 is 0 Å². The molecule has 0 saturated carbocycles. The predicted octanol–water partition coefficient (Wildman–Crippen LogP) is 2.35. The summed E-state index contributed by atoms with van der Waals surface area (Å²) in [4.78, 5) is 12.3. The van der Waals surface area contributed by atoms with Gasteiger partial charge in [-0.15, -0.1) is 0 Å². The third-order valence-corrected chi connectivity index (χ3v) is 6.65. The molecule has 1 fully saturated rings. The second-order valence-electron chi connectivity index (χ2n) is 6.78. The van der Waals surface area contributed by atoms with E-state index in [9.17, 15) is 13.2 Å². The number of aryl methyl sites for hydroxylation is 1. The van der Waals surface area contributed by atoms with E-state index in [1.165, 1.54) is 9.87 Å². The summed E-state index contributed by atoms with van der Waals surface area (Å²) >= 11 is 0. The van der Waals surface area contributed by atoms with Crippen LogP contribution < -0.4 is 5.32 Å². The van der Waals surface area contributed by atoms with Crippen molar-refractivity contribution in [2.75, 3.05) is 26.3 Å². The molecule has 1 aliphatic rings. The Bertz CT molecular complexity index is 861. The number of amides is 1. The third-order valence-electron chi connectivity index (χ3n) is 4.73. The summed E-state index contributed by atoms with van der Waals surface area (Å²) in [6, 6.07) is 16.8. The average Bonchev–Trinajstić information content (AvgIpc) is 2.74. The molecule has 7 heteroatoms. The first-order valence-electron chi connectivity index (χ1n) is 9.53. The number of nitrogens with zero attached hydrogens (tertiary/aromatic N) is 1. The van der Waals surface area contributed by atoms with Gasteiger partial charge in [0.2, 0.25) is 15.9 Å². The van der Waals surface area contributed by atoms with Crippen molar-refractivity contribution < 1.29 is 17.9 Å². The average molecular weight is 403 g/mol. The van der Waals surface area contributed by atoms with Crippen molar-refractivity contribution in [2.24, 2.45) is 0 Å². The SMILES string of the molecule is O=C(CCCc1ccccc1)NCc1ccc(S(=O)(=O)N2CCOCC2)cc1. The molecule has 0 aliphatic carbocycles. The van der Waals surface area contributed by atoms with Gasteiger partial charge in [0.05, 0.1) is 18.1 Å². The molecule has 1 N–H and O–H groups in total. The summed E-state index contributed by atoms with van der Waals surface area (Å²) < 4.78 is 31.9. The zero-order chi connectivity index (χ0) is 19.8. The number of benzene rings is 2. The Morgan fingerprint density at radius 2 is 1.64 bits per heavy atom. The number of hydrogen-bond donors (Lipinski definition) is 1. The lowest BCUT2D eigenvalue weighted by Gasteiger charge is -2.26. The number of carbonyl (C=O) groups is 1. The minimum absolute atomic E-state index is 0.000876. The van der Waals surface area contributed by atoms with Gasteiger partial charge in [0, 0.05) is 26.1 Å². The van der Waals surface area contributed by atoms with E-state index in [0.29, 0.717) is 39.3 Å². The van der Waals surface area contributed by atoms with Crippen LogP contribution in [0.25, 0.3) is 0 Å². The van der Waals surface area contributed by atoms with Crippen molar-refractivity contribution in [2.45, 2.75) is 30.7 Å². The van der Waals surface area contributed by atoms with Gasteiger partial charge in [-0.2, -0.15) is 4.31 Å². The van der Waals surface area contributed by atoms with Crippen molar-refractivity contribution in [1.29, 1.82) is 0 Å². The van der Waals surface area contributed by atoms with Crippen molar-refractivity contribution in [1.82, 2.24) is 9.62 Å². The van der Waals surface area contributed by atoms with Crippen LogP contribution in [-0.2, 0) is 32.5 Å². The van der Waals surface area contributed by atoms with E-state index in [2.05, 4.69) is 17.4 Å². The summed E-state index contributed by atoms with van der Waals surface area (Å²) in [5.41, 5.74) is 2.10. The van der Waals surface area contributed by atoms with E-state index >= 15 is 0 Å². The summed E-state index contributed by atoms with van der Waals surface area (Å²) in [5, 5.41) is 2.89. The molecule has 6 nitrogen and oxygen atoms in total. The highest BCUT2D eigenvalue weighted by molar-refractivity contribution is 7.89. The van der Waals surface area contributed by atoms with E-state index in [-0.39, 0.29) is 10.8 Å². The van der Waals surface area contributed by atoms with Crippen LogP contribution in [0.5, 0.6) is 0 Å². The quantitative estimate of drug-likeness (QED) is 0.735. The van der Waals surface area contributed by atoms with Gasteiger partial charge in [-0.05, 0) is 36.1 Å². The van der Waals surface area contributed by atoms with Gasteiger partial charge in [-0.1, -0.05) is 42.5 Å². The molecule has 2 aromatic carbocycles. The molecule has 0 radical (unpaired) electrons. The predicted molar refractivity (Wildman–Crippen MR) is 107 cm³/mol. The van der Waals surface area contributed by atoms with Crippen molar-refractivity contribution >= 4 is 15.9 Å². The molecule has 1 heterocycles. The Labute approximate surface area is 166 Å². The maximum absolute atomic E-state index is 12.6. The smallest absolute Gasteiger partial charge is 0.243 e.